The van der Waals surface area contributed by atoms with Crippen molar-refractivity contribution in [3.8, 4) is 0 Å². The zero-order valence-electron chi connectivity index (χ0n) is 11.7. The Hall–Kier alpha value is -1.67. The molecule has 0 heterocycles. The van der Waals surface area contributed by atoms with Crippen molar-refractivity contribution in [3.05, 3.63) is 71.5 Å². The predicted molar refractivity (Wildman–Crippen MR) is 79.9 cm³/mol. The molecular formula is C18H20FN. The summed E-state index contributed by atoms with van der Waals surface area (Å²) in [6, 6.07) is 18.0. The van der Waals surface area contributed by atoms with E-state index < -0.39 is 0 Å². The normalized spacial score (nSPS) is 17.7. The summed E-state index contributed by atoms with van der Waals surface area (Å²) in [7, 11) is 0. The van der Waals surface area contributed by atoms with E-state index in [4.69, 9.17) is 0 Å². The Morgan fingerprint density at radius 2 is 1.60 bits per heavy atom. The van der Waals surface area contributed by atoms with Crippen LogP contribution in [0.5, 0.6) is 0 Å². The molecule has 104 valence electrons. The molecule has 1 nitrogen and oxygen atoms in total. The van der Waals surface area contributed by atoms with Gasteiger partial charge in [0.25, 0.3) is 0 Å². The van der Waals surface area contributed by atoms with Crippen molar-refractivity contribution in [2.75, 3.05) is 0 Å². The van der Waals surface area contributed by atoms with Crippen LogP contribution in [0.4, 0.5) is 4.39 Å². The lowest BCUT2D eigenvalue weighted by molar-refractivity contribution is 0.427. The molecule has 0 amide bonds. The average Bonchev–Trinajstić information content (AvgIpc) is 3.31. The zero-order valence-corrected chi connectivity index (χ0v) is 11.7. The van der Waals surface area contributed by atoms with Crippen molar-refractivity contribution in [1.82, 2.24) is 5.32 Å². The Morgan fingerprint density at radius 3 is 2.20 bits per heavy atom. The van der Waals surface area contributed by atoms with Gasteiger partial charge in [0.15, 0.2) is 0 Å². The molecule has 1 N–H and O–H groups in total. The second-order valence-corrected chi connectivity index (χ2v) is 5.67. The van der Waals surface area contributed by atoms with E-state index in [2.05, 4.69) is 36.5 Å². The molecule has 2 aromatic carbocycles. The minimum atomic E-state index is -0.167. The van der Waals surface area contributed by atoms with Gasteiger partial charge in [0, 0.05) is 12.1 Å². The second kappa shape index (κ2) is 5.76. The van der Waals surface area contributed by atoms with E-state index in [0.717, 1.165) is 0 Å². The van der Waals surface area contributed by atoms with Crippen LogP contribution in [-0.2, 0) is 0 Å². The van der Waals surface area contributed by atoms with Crippen LogP contribution in [0.25, 0.3) is 0 Å². The van der Waals surface area contributed by atoms with Gasteiger partial charge < -0.3 is 5.32 Å². The van der Waals surface area contributed by atoms with Gasteiger partial charge in [-0.3, -0.25) is 0 Å². The summed E-state index contributed by atoms with van der Waals surface area (Å²) in [4.78, 5) is 0. The van der Waals surface area contributed by atoms with E-state index in [1.54, 1.807) is 12.1 Å². The van der Waals surface area contributed by atoms with Crippen molar-refractivity contribution in [2.45, 2.75) is 31.8 Å². The van der Waals surface area contributed by atoms with E-state index in [-0.39, 0.29) is 5.82 Å². The highest BCUT2D eigenvalue weighted by molar-refractivity contribution is 5.24. The monoisotopic (exact) mass is 269 g/mol. The number of hydrogen-bond donors (Lipinski definition) is 1. The highest BCUT2D eigenvalue weighted by atomic mass is 19.1. The van der Waals surface area contributed by atoms with Crippen LogP contribution < -0.4 is 5.32 Å². The summed E-state index contributed by atoms with van der Waals surface area (Å²) in [5.74, 6) is 0.519. The van der Waals surface area contributed by atoms with Crippen molar-refractivity contribution in [3.63, 3.8) is 0 Å². The van der Waals surface area contributed by atoms with Gasteiger partial charge in [0.05, 0.1) is 0 Å². The molecule has 0 saturated heterocycles. The molecular weight excluding hydrogens is 249 g/mol. The zero-order chi connectivity index (χ0) is 13.9. The smallest absolute Gasteiger partial charge is 0.123 e. The minimum absolute atomic E-state index is 0.167. The fourth-order valence-corrected chi connectivity index (χ4v) is 2.71. The van der Waals surface area contributed by atoms with Crippen LogP contribution >= 0.6 is 0 Å². The van der Waals surface area contributed by atoms with E-state index in [1.807, 2.05) is 18.2 Å². The molecule has 0 spiro atoms. The Balaban J connectivity index is 1.76. The Labute approximate surface area is 119 Å². The lowest BCUT2D eigenvalue weighted by Gasteiger charge is -2.24. The molecule has 1 unspecified atom stereocenters. The first-order valence-electron chi connectivity index (χ1n) is 7.30. The maximum Gasteiger partial charge on any atom is 0.123 e. The third-order valence-corrected chi connectivity index (χ3v) is 4.05. The Kier molecular flexibility index (Phi) is 3.83. The van der Waals surface area contributed by atoms with Gasteiger partial charge in [-0.2, -0.15) is 0 Å². The van der Waals surface area contributed by atoms with E-state index in [1.165, 1.54) is 24.0 Å². The summed E-state index contributed by atoms with van der Waals surface area (Å²) in [6.45, 7) is 2.19. The molecule has 3 rings (SSSR count). The van der Waals surface area contributed by atoms with E-state index in [0.29, 0.717) is 18.0 Å². The molecule has 1 aliphatic rings. The average molecular weight is 269 g/mol. The minimum Gasteiger partial charge on any atom is -0.303 e. The summed E-state index contributed by atoms with van der Waals surface area (Å²) >= 11 is 0. The van der Waals surface area contributed by atoms with Crippen molar-refractivity contribution < 1.29 is 4.39 Å². The van der Waals surface area contributed by atoms with Crippen LogP contribution in [0.15, 0.2) is 54.6 Å². The lowest BCUT2D eigenvalue weighted by Crippen LogP contribution is -2.26. The molecule has 0 bridgehead atoms. The maximum absolute atomic E-state index is 13.1. The van der Waals surface area contributed by atoms with Gasteiger partial charge in [0.1, 0.15) is 5.82 Å². The topological polar surface area (TPSA) is 12.0 Å². The first-order chi connectivity index (χ1) is 9.74. The molecule has 0 aromatic heterocycles. The number of nitrogens with one attached hydrogen (secondary N) is 1. The first-order valence-corrected chi connectivity index (χ1v) is 7.30. The molecule has 1 aliphatic carbocycles. The molecule has 20 heavy (non-hydrogen) atoms. The maximum atomic E-state index is 13.1. The van der Waals surface area contributed by atoms with Crippen LogP contribution in [-0.4, -0.2) is 0 Å². The molecule has 0 radical (unpaired) electrons. The second-order valence-electron chi connectivity index (χ2n) is 5.67. The Bertz CT molecular complexity index is 545. The quantitative estimate of drug-likeness (QED) is 0.834. The summed E-state index contributed by atoms with van der Waals surface area (Å²) in [5, 5.41) is 3.71. The molecule has 2 aromatic rings. The van der Waals surface area contributed by atoms with Crippen LogP contribution in [0.2, 0.25) is 0 Å². The summed E-state index contributed by atoms with van der Waals surface area (Å²) in [6.07, 6.45) is 2.52. The van der Waals surface area contributed by atoms with Gasteiger partial charge in [-0.1, -0.05) is 42.5 Å². The number of rotatable bonds is 5. The predicted octanol–water partition coefficient (Wildman–Crippen LogP) is 4.63. The highest BCUT2D eigenvalue weighted by Gasteiger charge is 2.33. The SMILES string of the molecule is C[C@@H](NC(c1ccc(F)cc1)C1CC1)c1ccccc1. The van der Waals surface area contributed by atoms with Crippen LogP contribution in [0.1, 0.15) is 43.0 Å². The molecule has 2 atom stereocenters. The summed E-state index contributed by atoms with van der Waals surface area (Å²) < 4.78 is 13.1. The van der Waals surface area contributed by atoms with E-state index >= 15 is 0 Å². The fourth-order valence-electron chi connectivity index (χ4n) is 2.71. The number of benzene rings is 2. The van der Waals surface area contributed by atoms with E-state index in [9.17, 15) is 4.39 Å². The standard InChI is InChI=1S/C18H20FN/c1-13(14-5-3-2-4-6-14)20-18(15-7-8-15)16-9-11-17(19)12-10-16/h2-6,9-13,15,18,20H,7-8H2,1H3/t13-,18?/m1/s1. The van der Waals surface area contributed by atoms with Gasteiger partial charge in [-0.15, -0.1) is 0 Å². The van der Waals surface area contributed by atoms with Gasteiger partial charge in [-0.05, 0) is 48.9 Å². The van der Waals surface area contributed by atoms with Crippen molar-refractivity contribution in [2.24, 2.45) is 5.92 Å². The van der Waals surface area contributed by atoms with Crippen molar-refractivity contribution in [1.29, 1.82) is 0 Å². The van der Waals surface area contributed by atoms with Crippen molar-refractivity contribution >= 4 is 0 Å². The van der Waals surface area contributed by atoms with Crippen LogP contribution in [0, 0.1) is 11.7 Å². The molecule has 1 saturated carbocycles. The Morgan fingerprint density at radius 1 is 0.950 bits per heavy atom. The first kappa shape index (κ1) is 13.3. The number of hydrogen-bond acceptors (Lipinski definition) is 1. The lowest BCUT2D eigenvalue weighted by atomic mass is 9.99. The van der Waals surface area contributed by atoms with Gasteiger partial charge >= 0.3 is 0 Å². The van der Waals surface area contributed by atoms with Gasteiger partial charge in [-0.25, -0.2) is 4.39 Å². The van der Waals surface area contributed by atoms with Gasteiger partial charge in [0.2, 0.25) is 0 Å². The molecule has 1 fully saturated rings. The largest absolute Gasteiger partial charge is 0.303 e. The summed E-state index contributed by atoms with van der Waals surface area (Å²) in [5.41, 5.74) is 2.48. The third kappa shape index (κ3) is 3.07. The molecule has 2 heteroatoms. The number of halogens is 1. The third-order valence-electron chi connectivity index (χ3n) is 4.05. The highest BCUT2D eigenvalue weighted by Crippen LogP contribution is 2.42. The molecule has 0 aliphatic heterocycles. The van der Waals surface area contributed by atoms with Crippen LogP contribution in [0.3, 0.4) is 0 Å². The fraction of sp³-hybridized carbons (Fsp3) is 0.333.